The van der Waals surface area contributed by atoms with Gasteiger partial charge in [-0.1, -0.05) is 206 Å². The average molecular weight is 1190 g/mol. The number of fused-ring (bicyclic) bond motifs is 6. The van der Waals surface area contributed by atoms with Crippen LogP contribution in [0.1, 0.15) is 207 Å². The van der Waals surface area contributed by atoms with Crippen molar-refractivity contribution in [1.82, 2.24) is 16.0 Å². The van der Waals surface area contributed by atoms with Crippen LogP contribution in [0.5, 0.6) is 0 Å². The molecule has 0 saturated heterocycles. The molecule has 0 fully saturated rings. The molecule has 0 aliphatic heterocycles. The highest BCUT2D eigenvalue weighted by molar-refractivity contribution is 7.99. The summed E-state index contributed by atoms with van der Waals surface area (Å²) in [5, 5.41) is 26.7. The second-order valence-electron chi connectivity index (χ2n) is 23.2. The first-order chi connectivity index (χ1) is 41.7. The van der Waals surface area contributed by atoms with Crippen molar-refractivity contribution < 1.29 is 53.1 Å². The Morgan fingerprint density at radius 2 is 0.765 bits per heavy atom. The van der Waals surface area contributed by atoms with Gasteiger partial charge in [0.1, 0.15) is 19.3 Å². The highest BCUT2D eigenvalue weighted by Crippen LogP contribution is 2.46. The van der Waals surface area contributed by atoms with Gasteiger partial charge >= 0.3 is 24.1 Å². The summed E-state index contributed by atoms with van der Waals surface area (Å²) in [5.74, 6) is 0.138. The minimum absolute atomic E-state index is 0.0252. The van der Waals surface area contributed by atoms with Gasteiger partial charge in [-0.2, -0.15) is 11.8 Å². The van der Waals surface area contributed by atoms with E-state index in [9.17, 15) is 24.0 Å². The number of carboxylic acid groups (broad SMARTS) is 2. The van der Waals surface area contributed by atoms with Crippen LogP contribution in [0.25, 0.3) is 22.3 Å². The molecule has 4 aromatic carbocycles. The molecule has 4 aromatic rings. The molecule has 0 heterocycles. The summed E-state index contributed by atoms with van der Waals surface area (Å²) in [4.78, 5) is 61.7. The molecule has 0 saturated carbocycles. The minimum atomic E-state index is -0.771. The molecule has 15 heteroatoms. The van der Waals surface area contributed by atoms with Crippen molar-refractivity contribution >= 4 is 41.8 Å². The van der Waals surface area contributed by atoms with Gasteiger partial charge in [-0.05, 0) is 108 Å². The van der Waals surface area contributed by atoms with Gasteiger partial charge in [0.25, 0.3) is 0 Å². The second kappa shape index (κ2) is 41.2. The summed E-state index contributed by atoms with van der Waals surface area (Å²) in [6.07, 6.45) is 26.1. The predicted octanol–water partition coefficient (Wildman–Crippen LogP) is 15.6. The van der Waals surface area contributed by atoms with Crippen LogP contribution >= 0.6 is 11.8 Å². The number of hydrogen-bond acceptors (Lipinski definition) is 10. The van der Waals surface area contributed by atoms with Gasteiger partial charge in [-0.25, -0.2) is 9.59 Å². The number of carbonyl (C=O) groups is 5. The van der Waals surface area contributed by atoms with Crippen molar-refractivity contribution in [1.29, 1.82) is 0 Å². The van der Waals surface area contributed by atoms with E-state index in [4.69, 9.17) is 29.2 Å². The Balaban J connectivity index is 0.879. The van der Waals surface area contributed by atoms with Gasteiger partial charge in [0, 0.05) is 69.9 Å². The summed E-state index contributed by atoms with van der Waals surface area (Å²) in [6.45, 7) is 3.55. The fraction of sp³-hybridized carbons (Fsp3) is 0.586. The second-order valence-corrected chi connectivity index (χ2v) is 24.3. The van der Waals surface area contributed by atoms with E-state index >= 15 is 0 Å². The largest absolute Gasteiger partial charge is 0.481 e. The number of alkyl carbamates (subject to hydrolysis) is 2. The number of unbranched alkanes of at least 4 members (excludes halogenated alkanes) is 18. The van der Waals surface area contributed by atoms with Crippen LogP contribution in [0.15, 0.2) is 97.1 Å². The van der Waals surface area contributed by atoms with Gasteiger partial charge < -0.3 is 45.1 Å². The van der Waals surface area contributed by atoms with Crippen LogP contribution in [0, 0.1) is 5.92 Å². The van der Waals surface area contributed by atoms with E-state index in [0.29, 0.717) is 64.0 Å². The molecule has 3 amide bonds. The number of benzene rings is 4. The van der Waals surface area contributed by atoms with Crippen LogP contribution in [-0.2, 0) is 33.3 Å². The molecule has 5 N–H and O–H groups in total. The molecule has 2 atom stereocenters. The summed E-state index contributed by atoms with van der Waals surface area (Å²) < 4.78 is 23.3. The van der Waals surface area contributed by atoms with E-state index in [1.807, 2.05) is 48.5 Å². The fourth-order valence-corrected chi connectivity index (χ4v) is 13.1. The smallest absolute Gasteiger partial charge is 0.407 e. The molecular weight excluding hydrogens is 1090 g/mol. The summed E-state index contributed by atoms with van der Waals surface area (Å²) in [5.41, 5.74) is 9.33. The van der Waals surface area contributed by atoms with E-state index < -0.39 is 30.2 Å². The third kappa shape index (κ3) is 25.9. The monoisotopic (exact) mass is 1190 g/mol. The number of carboxylic acids is 2. The van der Waals surface area contributed by atoms with Crippen LogP contribution < -0.4 is 16.0 Å². The summed E-state index contributed by atoms with van der Waals surface area (Å²) >= 11 is 1.74. The maximum Gasteiger partial charge on any atom is 0.407 e. The number of thioether (sulfide) groups is 1. The zero-order chi connectivity index (χ0) is 59.9. The van der Waals surface area contributed by atoms with Crippen LogP contribution in [0.2, 0.25) is 0 Å². The lowest BCUT2D eigenvalue weighted by Crippen LogP contribution is -2.49. The molecule has 0 aromatic heterocycles. The number of nitrogens with one attached hydrogen (secondary N) is 3. The molecule has 14 nitrogen and oxygen atoms in total. The molecule has 466 valence electrons. The van der Waals surface area contributed by atoms with E-state index in [2.05, 4.69) is 64.5 Å². The van der Waals surface area contributed by atoms with Gasteiger partial charge in [0.05, 0.1) is 0 Å². The standard InChI is InChI=1S/C70H99N3O11S/c74-66(75)42-18-14-10-6-2-1-4-8-12-16-32-54(33-17-13-9-5-3-7-11-15-19-43-67(76)77)52-85-53-65(73-70(80)84-51-64-61-40-26-22-36-57(61)58-37-23-27-41-62(58)64)68(78)71-44-30-48-81-46-28-29-47-82-49-31-45-72-69(79)83-50-63-59-38-24-20-34-55(59)56-35-21-25-39-60(56)63/h20-27,34-41,54,63-65H,1-19,28-33,42-53H2,(H,71,78)(H,72,79)(H,73,80)(H,74,75)(H,76,77)/t54-,65+/m1/s1. The number of aliphatic carboxylic acids is 2. The Hall–Kier alpha value is -5.90. The molecule has 85 heavy (non-hydrogen) atoms. The van der Waals surface area contributed by atoms with Crippen molar-refractivity contribution in [2.24, 2.45) is 5.92 Å². The van der Waals surface area contributed by atoms with Crippen molar-refractivity contribution in [2.45, 2.75) is 191 Å². The summed E-state index contributed by atoms with van der Waals surface area (Å²) in [7, 11) is 0. The van der Waals surface area contributed by atoms with Gasteiger partial charge in [0.2, 0.25) is 5.91 Å². The van der Waals surface area contributed by atoms with Crippen LogP contribution in [-0.4, -0.2) is 111 Å². The van der Waals surface area contributed by atoms with Gasteiger partial charge in [0.15, 0.2) is 0 Å². The normalized spacial score (nSPS) is 13.1. The van der Waals surface area contributed by atoms with E-state index in [0.717, 1.165) is 98.6 Å². The molecular formula is C70H99N3O11S. The molecule has 0 unspecified atom stereocenters. The fourth-order valence-electron chi connectivity index (χ4n) is 11.8. The van der Waals surface area contributed by atoms with Gasteiger partial charge in [-0.3, -0.25) is 14.4 Å². The maximum atomic E-state index is 13.9. The zero-order valence-electron chi connectivity index (χ0n) is 50.7. The maximum absolute atomic E-state index is 13.9. The Labute approximate surface area is 511 Å². The lowest BCUT2D eigenvalue weighted by Gasteiger charge is -2.21. The zero-order valence-corrected chi connectivity index (χ0v) is 51.5. The van der Waals surface area contributed by atoms with Crippen LogP contribution in [0.3, 0.4) is 0 Å². The Kier molecular flexibility index (Phi) is 33.1. The molecule has 0 bridgehead atoms. The van der Waals surface area contributed by atoms with Crippen molar-refractivity contribution in [3.8, 4) is 22.3 Å². The van der Waals surface area contributed by atoms with Crippen molar-refractivity contribution in [3.05, 3.63) is 119 Å². The highest BCUT2D eigenvalue weighted by Gasteiger charge is 2.31. The average Bonchev–Trinajstić information content (AvgIpc) is 2.24. The summed E-state index contributed by atoms with van der Waals surface area (Å²) in [6, 6.07) is 32.3. The van der Waals surface area contributed by atoms with E-state index in [1.165, 1.54) is 99.3 Å². The van der Waals surface area contributed by atoms with Crippen LogP contribution in [0.4, 0.5) is 9.59 Å². The first kappa shape index (κ1) is 68.2. The number of ether oxygens (including phenoxy) is 4. The SMILES string of the molecule is O=C(O)CCCCCCCCCCCC[C@H](CCCCCCCCCCCC(=O)O)CSC[C@H](NC(=O)OCC1c2ccccc2-c2ccccc21)C(=O)NCCCOCCCCOCCCNC(=O)OCC1c2ccccc2-c2ccccc21. The minimum Gasteiger partial charge on any atom is -0.481 e. The Morgan fingerprint density at radius 1 is 0.412 bits per heavy atom. The van der Waals surface area contributed by atoms with Gasteiger partial charge in [-0.15, -0.1) is 0 Å². The van der Waals surface area contributed by atoms with E-state index in [-0.39, 0.29) is 43.8 Å². The lowest BCUT2D eigenvalue weighted by molar-refractivity contribution is -0.138. The Bertz CT molecular complexity index is 2490. The highest BCUT2D eigenvalue weighted by atomic mass is 32.2. The number of amides is 3. The number of carbonyl (C=O) groups excluding carboxylic acids is 3. The first-order valence-corrected chi connectivity index (χ1v) is 33.5. The molecule has 2 aliphatic carbocycles. The first-order valence-electron chi connectivity index (χ1n) is 32.3. The molecule has 6 rings (SSSR count). The topological polar surface area (TPSA) is 199 Å². The quantitative estimate of drug-likeness (QED) is 0.0263. The lowest BCUT2D eigenvalue weighted by atomic mass is 9.95. The molecule has 2 aliphatic rings. The molecule has 0 spiro atoms. The third-order valence-electron chi connectivity index (χ3n) is 16.5. The van der Waals surface area contributed by atoms with Crippen molar-refractivity contribution in [3.63, 3.8) is 0 Å². The number of hydrogen-bond donors (Lipinski definition) is 5. The number of rotatable bonds is 48. The third-order valence-corrected chi connectivity index (χ3v) is 17.8. The van der Waals surface area contributed by atoms with Crippen molar-refractivity contribution in [2.75, 3.05) is 64.2 Å². The molecule has 0 radical (unpaired) electrons. The Morgan fingerprint density at radius 3 is 1.18 bits per heavy atom. The van der Waals surface area contributed by atoms with E-state index in [1.54, 1.807) is 11.8 Å². The predicted molar refractivity (Wildman–Crippen MR) is 340 cm³/mol.